The van der Waals surface area contributed by atoms with Crippen LogP contribution < -0.4 is 14.8 Å². The van der Waals surface area contributed by atoms with Gasteiger partial charge in [0.2, 0.25) is 11.8 Å². The van der Waals surface area contributed by atoms with E-state index in [1.807, 2.05) is 29.2 Å². The fraction of sp³-hybridized carbons (Fsp3) is 0.481. The van der Waals surface area contributed by atoms with Gasteiger partial charge in [0.25, 0.3) is 0 Å². The number of piperidine rings is 1. The molecule has 4 rings (SSSR count). The monoisotopic (exact) mass is 465 g/mol. The molecule has 2 fully saturated rings. The van der Waals surface area contributed by atoms with Gasteiger partial charge in [0.05, 0.1) is 20.1 Å². The first-order chi connectivity index (χ1) is 16.6. The largest absolute Gasteiger partial charge is 0.493 e. The van der Waals surface area contributed by atoms with Crippen LogP contribution in [0.4, 0.5) is 0 Å². The number of ether oxygens (including phenoxy) is 2. The van der Waals surface area contributed by atoms with E-state index in [-0.39, 0.29) is 23.8 Å². The molecule has 2 amide bonds. The van der Waals surface area contributed by atoms with Crippen molar-refractivity contribution in [3.63, 3.8) is 0 Å². The summed E-state index contributed by atoms with van der Waals surface area (Å²) in [6, 6.07) is 16.5. The second-order valence-corrected chi connectivity index (χ2v) is 9.22. The van der Waals surface area contributed by atoms with Gasteiger partial charge in [-0.1, -0.05) is 36.4 Å². The highest BCUT2D eigenvalue weighted by Crippen LogP contribution is 2.28. The van der Waals surface area contributed by atoms with E-state index >= 15 is 0 Å². The number of hydrogen-bond acceptors (Lipinski definition) is 5. The molecule has 7 heteroatoms. The summed E-state index contributed by atoms with van der Waals surface area (Å²) >= 11 is 0. The van der Waals surface area contributed by atoms with Crippen molar-refractivity contribution in [2.75, 3.05) is 40.4 Å². The van der Waals surface area contributed by atoms with Crippen molar-refractivity contribution in [2.24, 2.45) is 5.92 Å². The van der Waals surface area contributed by atoms with Crippen LogP contribution in [0.3, 0.4) is 0 Å². The summed E-state index contributed by atoms with van der Waals surface area (Å²) < 4.78 is 10.7. The van der Waals surface area contributed by atoms with Gasteiger partial charge in [-0.15, -0.1) is 0 Å². The molecular formula is C27H35N3O4. The molecule has 0 aromatic heterocycles. The quantitative estimate of drug-likeness (QED) is 0.617. The Balaban J connectivity index is 1.21. The van der Waals surface area contributed by atoms with Crippen LogP contribution in [0.1, 0.15) is 30.4 Å². The zero-order valence-corrected chi connectivity index (χ0v) is 20.2. The van der Waals surface area contributed by atoms with Crippen LogP contribution in [0.25, 0.3) is 0 Å². The molecule has 1 unspecified atom stereocenters. The number of nitrogens with one attached hydrogen (secondary N) is 1. The number of carbonyl (C=O) groups excluding carboxylic acids is 2. The van der Waals surface area contributed by atoms with Gasteiger partial charge >= 0.3 is 0 Å². The van der Waals surface area contributed by atoms with E-state index in [1.54, 1.807) is 14.2 Å². The Labute approximate surface area is 202 Å². The Morgan fingerprint density at radius 3 is 2.44 bits per heavy atom. The molecule has 1 N–H and O–H groups in total. The van der Waals surface area contributed by atoms with E-state index in [2.05, 4.69) is 34.5 Å². The smallest absolute Gasteiger partial charge is 0.225 e. The maximum absolute atomic E-state index is 12.9. The van der Waals surface area contributed by atoms with Gasteiger partial charge in [-0.25, -0.2) is 0 Å². The number of likely N-dealkylation sites (tertiary alicyclic amines) is 2. The molecule has 34 heavy (non-hydrogen) atoms. The van der Waals surface area contributed by atoms with Gasteiger partial charge in [0, 0.05) is 45.2 Å². The first-order valence-electron chi connectivity index (χ1n) is 12.1. The van der Waals surface area contributed by atoms with E-state index in [0.717, 1.165) is 38.0 Å². The summed E-state index contributed by atoms with van der Waals surface area (Å²) in [5, 5.41) is 3.21. The van der Waals surface area contributed by atoms with E-state index in [1.165, 1.54) is 5.56 Å². The Hall–Kier alpha value is -3.06. The number of hydrogen-bond donors (Lipinski definition) is 1. The van der Waals surface area contributed by atoms with E-state index < -0.39 is 0 Å². The van der Waals surface area contributed by atoms with Crippen LogP contribution in [0, 0.1) is 5.92 Å². The predicted molar refractivity (Wildman–Crippen MR) is 131 cm³/mol. The molecule has 0 aliphatic carbocycles. The summed E-state index contributed by atoms with van der Waals surface area (Å²) in [5.41, 5.74) is 2.39. The van der Waals surface area contributed by atoms with Crippen molar-refractivity contribution in [1.29, 1.82) is 0 Å². The summed E-state index contributed by atoms with van der Waals surface area (Å²) in [6.45, 7) is 3.98. The Morgan fingerprint density at radius 1 is 1.00 bits per heavy atom. The topological polar surface area (TPSA) is 71.1 Å². The minimum absolute atomic E-state index is 0.0171. The van der Waals surface area contributed by atoms with Gasteiger partial charge < -0.3 is 19.7 Å². The molecule has 0 saturated carbocycles. The molecule has 2 aromatic rings. The first-order valence-corrected chi connectivity index (χ1v) is 12.1. The third-order valence-electron chi connectivity index (χ3n) is 6.89. The molecule has 2 aromatic carbocycles. The first kappa shape index (κ1) is 24.1. The lowest BCUT2D eigenvalue weighted by molar-refractivity contribution is -0.129. The van der Waals surface area contributed by atoms with Crippen molar-refractivity contribution in [3.05, 3.63) is 59.7 Å². The third kappa shape index (κ3) is 6.08. The molecule has 1 atom stereocenters. The molecule has 2 aliphatic rings. The second kappa shape index (κ2) is 11.4. The van der Waals surface area contributed by atoms with Gasteiger partial charge in [0.1, 0.15) is 0 Å². The zero-order chi connectivity index (χ0) is 23.9. The number of rotatable bonds is 9. The highest BCUT2D eigenvalue weighted by atomic mass is 16.5. The van der Waals surface area contributed by atoms with Crippen LogP contribution in [0.2, 0.25) is 0 Å². The fourth-order valence-corrected chi connectivity index (χ4v) is 4.86. The molecule has 2 aliphatic heterocycles. The number of carbonyl (C=O) groups is 2. The fourth-order valence-electron chi connectivity index (χ4n) is 4.86. The van der Waals surface area contributed by atoms with Crippen LogP contribution in [0.5, 0.6) is 11.5 Å². The second-order valence-electron chi connectivity index (χ2n) is 9.22. The van der Waals surface area contributed by atoms with Gasteiger partial charge in [-0.05, 0) is 42.5 Å². The number of amides is 2. The molecule has 2 saturated heterocycles. The lowest BCUT2D eigenvalue weighted by Crippen LogP contribution is -2.46. The Kier molecular flexibility index (Phi) is 8.06. The van der Waals surface area contributed by atoms with Crippen molar-refractivity contribution >= 4 is 11.8 Å². The summed E-state index contributed by atoms with van der Waals surface area (Å²) in [5.74, 6) is 1.17. The van der Waals surface area contributed by atoms with Crippen LogP contribution in [-0.2, 0) is 22.6 Å². The van der Waals surface area contributed by atoms with Crippen LogP contribution in [-0.4, -0.2) is 68.1 Å². The van der Waals surface area contributed by atoms with Gasteiger partial charge in [-0.3, -0.25) is 14.5 Å². The molecule has 0 radical (unpaired) electrons. The highest BCUT2D eigenvalue weighted by molar-refractivity contribution is 5.89. The number of methoxy groups -OCH3 is 2. The summed E-state index contributed by atoms with van der Waals surface area (Å²) in [7, 11) is 3.22. The summed E-state index contributed by atoms with van der Waals surface area (Å²) in [4.78, 5) is 29.7. The maximum Gasteiger partial charge on any atom is 0.225 e. The molecule has 2 heterocycles. The van der Waals surface area contributed by atoms with Crippen molar-refractivity contribution < 1.29 is 19.1 Å². The average Bonchev–Trinajstić information content (AvgIpc) is 3.25. The van der Waals surface area contributed by atoms with Gasteiger partial charge in [-0.2, -0.15) is 0 Å². The summed E-state index contributed by atoms with van der Waals surface area (Å²) in [6.07, 6.45) is 2.90. The third-order valence-corrected chi connectivity index (χ3v) is 6.89. The van der Waals surface area contributed by atoms with E-state index in [0.29, 0.717) is 37.4 Å². The molecular weight excluding hydrogens is 430 g/mol. The Bertz CT molecular complexity index is 973. The number of benzene rings is 2. The molecule has 0 bridgehead atoms. The lowest BCUT2D eigenvalue weighted by atomic mass is 10.0. The van der Waals surface area contributed by atoms with Crippen molar-refractivity contribution in [3.8, 4) is 11.5 Å². The van der Waals surface area contributed by atoms with Crippen LogP contribution >= 0.6 is 0 Å². The normalized spacial score (nSPS) is 19.3. The van der Waals surface area contributed by atoms with E-state index in [9.17, 15) is 9.59 Å². The van der Waals surface area contributed by atoms with Crippen LogP contribution in [0.15, 0.2) is 48.5 Å². The molecule has 7 nitrogen and oxygen atoms in total. The van der Waals surface area contributed by atoms with E-state index in [4.69, 9.17) is 9.47 Å². The predicted octanol–water partition coefficient (Wildman–Crippen LogP) is 2.88. The lowest BCUT2D eigenvalue weighted by Gasteiger charge is -2.32. The minimum Gasteiger partial charge on any atom is -0.493 e. The average molecular weight is 466 g/mol. The maximum atomic E-state index is 12.9. The standard InChI is InChI=1S/C27H35N3O4/c1-33-24-9-8-20(16-25(24)34-2)10-15-30-19-22(17-26(30)31)27(32)28-23-11-13-29(14-12-23)18-21-6-4-3-5-7-21/h3-9,16,22-23H,10-15,17-19H2,1-2H3,(H,28,32). The molecule has 182 valence electrons. The minimum atomic E-state index is -0.264. The van der Waals surface area contributed by atoms with Crippen molar-refractivity contribution in [1.82, 2.24) is 15.1 Å². The Morgan fingerprint density at radius 2 is 1.74 bits per heavy atom. The van der Waals surface area contributed by atoms with Gasteiger partial charge in [0.15, 0.2) is 11.5 Å². The number of nitrogens with zero attached hydrogens (tertiary/aromatic N) is 2. The highest BCUT2D eigenvalue weighted by Gasteiger charge is 2.35. The SMILES string of the molecule is COc1ccc(CCN2CC(C(=O)NC3CCN(Cc4ccccc4)CC3)CC2=O)cc1OC. The zero-order valence-electron chi connectivity index (χ0n) is 20.2. The van der Waals surface area contributed by atoms with Crippen molar-refractivity contribution in [2.45, 2.75) is 38.3 Å². The molecule has 0 spiro atoms.